The second kappa shape index (κ2) is 29.1. The molecule has 0 saturated carbocycles. The van der Waals surface area contributed by atoms with Gasteiger partial charge in [-0.25, -0.2) is 9.36 Å². The van der Waals surface area contributed by atoms with Crippen molar-refractivity contribution in [3.63, 3.8) is 0 Å². The number of carbonyl (C=O) groups is 2. The van der Waals surface area contributed by atoms with E-state index in [0.717, 1.165) is 44.1 Å². The molecule has 0 aliphatic rings. The van der Waals surface area contributed by atoms with Crippen molar-refractivity contribution >= 4 is 25.4 Å². The minimum atomic E-state index is -4.44. The number of nitro groups is 1. The summed E-state index contributed by atoms with van der Waals surface area (Å²) in [5, 5.41) is 13.9. The number of esters is 2. The molecule has 2 rings (SSSR count). The molecule has 0 aliphatic heterocycles. The third-order valence-corrected chi connectivity index (χ3v) is 10.6. The van der Waals surface area contributed by atoms with Crippen LogP contribution in [0.1, 0.15) is 148 Å². The maximum absolute atomic E-state index is 14.2. The molecule has 11 nitrogen and oxygen atoms in total. The first kappa shape index (κ1) is 45.9. The van der Waals surface area contributed by atoms with E-state index in [9.17, 15) is 24.3 Å². The highest BCUT2D eigenvalue weighted by Gasteiger charge is 2.35. The molecular weight excluding hydrogens is 695 g/mol. The number of unbranched alkanes of at least 4 members (excludes halogenated alkanes) is 18. The molecule has 12 heteroatoms. The lowest BCUT2D eigenvalue weighted by molar-refractivity contribution is -0.384. The Morgan fingerprint density at radius 3 is 1.64 bits per heavy atom. The van der Waals surface area contributed by atoms with Crippen molar-refractivity contribution in [3.05, 3.63) is 70.3 Å². The van der Waals surface area contributed by atoms with Gasteiger partial charge in [0.15, 0.2) is 6.61 Å². The molecule has 0 radical (unpaired) electrons. The molecule has 0 saturated heterocycles. The highest BCUT2D eigenvalue weighted by Crippen LogP contribution is 2.45. The predicted molar refractivity (Wildman–Crippen MR) is 210 cm³/mol. The Bertz CT molecular complexity index is 1310. The summed E-state index contributed by atoms with van der Waals surface area (Å²) in [6.45, 7) is 4.16. The van der Waals surface area contributed by atoms with Crippen LogP contribution < -0.4 is 9.61 Å². The fourth-order valence-corrected chi connectivity index (χ4v) is 7.33. The van der Waals surface area contributed by atoms with Gasteiger partial charge in [-0.3, -0.25) is 19.4 Å². The lowest BCUT2D eigenvalue weighted by Crippen LogP contribution is -2.40. The Hall–Kier alpha value is -3.27. The van der Waals surface area contributed by atoms with Crippen LogP contribution >= 0.6 is 7.75 Å². The van der Waals surface area contributed by atoms with E-state index in [0.29, 0.717) is 12.8 Å². The number of hydrogen-bond donors (Lipinski definition) is 1. The van der Waals surface area contributed by atoms with Crippen LogP contribution in [0.15, 0.2) is 54.6 Å². The maximum atomic E-state index is 14.2. The summed E-state index contributed by atoms with van der Waals surface area (Å²) in [6, 6.07) is 13.0. The molecule has 0 aromatic heterocycles. The molecule has 0 spiro atoms. The second-order valence-electron chi connectivity index (χ2n) is 13.7. The summed E-state index contributed by atoms with van der Waals surface area (Å²) in [5.74, 6) is -1.37. The highest BCUT2D eigenvalue weighted by atomic mass is 31.2. The van der Waals surface area contributed by atoms with Crippen LogP contribution in [0.4, 0.5) is 5.69 Å². The molecule has 298 valence electrons. The van der Waals surface area contributed by atoms with Gasteiger partial charge in [0, 0.05) is 12.1 Å². The molecule has 2 aromatic carbocycles. The number of nitrogens with one attached hydrogen (secondary N) is 1. The van der Waals surface area contributed by atoms with Gasteiger partial charge in [-0.2, -0.15) is 5.09 Å². The summed E-state index contributed by atoms with van der Waals surface area (Å²) in [7, 11) is -4.44. The Morgan fingerprint density at radius 1 is 0.679 bits per heavy atom. The third-order valence-electron chi connectivity index (χ3n) is 9.01. The van der Waals surface area contributed by atoms with Crippen LogP contribution in [-0.2, 0) is 34.6 Å². The van der Waals surface area contributed by atoms with Crippen molar-refractivity contribution in [1.82, 2.24) is 5.09 Å². The average Bonchev–Trinajstić information content (AvgIpc) is 3.15. The van der Waals surface area contributed by atoms with E-state index in [4.69, 9.17) is 18.5 Å². The van der Waals surface area contributed by atoms with E-state index < -0.39 is 37.3 Å². The largest absolute Gasteiger partial charge is 0.465 e. The average molecular weight is 761 g/mol. The van der Waals surface area contributed by atoms with Gasteiger partial charge in [0.2, 0.25) is 0 Å². The number of nitro benzene ring substituents is 1. The van der Waals surface area contributed by atoms with E-state index in [1.54, 1.807) is 0 Å². The zero-order valence-electron chi connectivity index (χ0n) is 32.3. The van der Waals surface area contributed by atoms with Crippen molar-refractivity contribution in [2.75, 3.05) is 19.8 Å². The fraction of sp³-hybridized carbons (Fsp3) is 0.659. The third kappa shape index (κ3) is 22.5. The molecule has 0 aliphatic carbocycles. The number of carbonyl (C=O) groups excluding carboxylic acids is 2. The van der Waals surface area contributed by atoms with Crippen molar-refractivity contribution in [2.24, 2.45) is 0 Å². The summed E-state index contributed by atoms with van der Waals surface area (Å²) < 4.78 is 36.5. The summed E-state index contributed by atoms with van der Waals surface area (Å²) in [5.41, 5.74) is 0.591. The van der Waals surface area contributed by atoms with Crippen molar-refractivity contribution in [3.8, 4) is 5.75 Å². The molecule has 0 heterocycles. The van der Waals surface area contributed by atoms with Crippen LogP contribution in [0, 0.1) is 10.1 Å². The van der Waals surface area contributed by atoms with Gasteiger partial charge < -0.3 is 14.0 Å². The number of nitrogens with zero attached hydrogens (tertiary/aromatic N) is 1. The van der Waals surface area contributed by atoms with E-state index >= 15 is 0 Å². The first-order chi connectivity index (χ1) is 25.8. The molecule has 2 aromatic rings. The van der Waals surface area contributed by atoms with E-state index in [1.807, 2.05) is 30.3 Å². The van der Waals surface area contributed by atoms with E-state index in [-0.39, 0.29) is 31.1 Å². The smallest absolute Gasteiger partial charge is 0.460 e. The second-order valence-corrected chi connectivity index (χ2v) is 15.4. The van der Waals surface area contributed by atoms with Crippen LogP contribution in [0.2, 0.25) is 0 Å². The molecule has 0 fully saturated rings. The van der Waals surface area contributed by atoms with Crippen LogP contribution in [0.25, 0.3) is 0 Å². The number of non-ortho nitro benzene ring substituents is 1. The van der Waals surface area contributed by atoms with Gasteiger partial charge in [0.05, 0.1) is 18.1 Å². The minimum Gasteiger partial charge on any atom is -0.465 e. The van der Waals surface area contributed by atoms with Gasteiger partial charge in [0.1, 0.15) is 11.8 Å². The van der Waals surface area contributed by atoms with Gasteiger partial charge in [-0.1, -0.05) is 160 Å². The molecule has 2 atom stereocenters. The van der Waals surface area contributed by atoms with E-state index in [1.165, 1.54) is 101 Å². The normalized spacial score (nSPS) is 12.9. The topological polar surface area (TPSA) is 143 Å². The predicted octanol–water partition coefficient (Wildman–Crippen LogP) is 11.2. The van der Waals surface area contributed by atoms with Crippen LogP contribution in [0.3, 0.4) is 0 Å². The number of benzene rings is 2. The summed E-state index contributed by atoms with van der Waals surface area (Å²) in [6.07, 6.45) is 23.0. The Morgan fingerprint density at radius 2 is 1.15 bits per heavy atom. The van der Waals surface area contributed by atoms with Gasteiger partial charge in [-0.05, 0) is 37.0 Å². The molecule has 1 unspecified atom stereocenters. The Balaban J connectivity index is 1.97. The fourth-order valence-electron chi connectivity index (χ4n) is 5.90. The quantitative estimate of drug-likeness (QED) is 0.0245. The Kier molecular flexibility index (Phi) is 25.2. The van der Waals surface area contributed by atoms with Crippen LogP contribution in [0.5, 0.6) is 5.75 Å². The maximum Gasteiger partial charge on any atom is 0.460 e. The van der Waals surface area contributed by atoms with Crippen molar-refractivity contribution in [1.29, 1.82) is 0 Å². The summed E-state index contributed by atoms with van der Waals surface area (Å²) in [4.78, 5) is 36.7. The zero-order chi connectivity index (χ0) is 38.4. The number of hydrogen-bond acceptors (Lipinski definition) is 9. The van der Waals surface area contributed by atoms with E-state index in [2.05, 4.69) is 18.9 Å². The first-order valence-electron chi connectivity index (χ1n) is 20.1. The van der Waals surface area contributed by atoms with Crippen molar-refractivity contribution in [2.45, 2.75) is 155 Å². The highest BCUT2D eigenvalue weighted by molar-refractivity contribution is 7.52. The van der Waals surface area contributed by atoms with Crippen LogP contribution in [-0.4, -0.2) is 42.7 Å². The molecule has 53 heavy (non-hydrogen) atoms. The monoisotopic (exact) mass is 760 g/mol. The molecular formula is C41H65N2O9P. The lowest BCUT2D eigenvalue weighted by atomic mass is 10.1. The first-order valence-corrected chi connectivity index (χ1v) is 21.6. The lowest BCUT2D eigenvalue weighted by Gasteiger charge is -2.24. The van der Waals surface area contributed by atoms with Gasteiger partial charge >= 0.3 is 19.7 Å². The van der Waals surface area contributed by atoms with Gasteiger partial charge in [-0.15, -0.1) is 0 Å². The number of rotatable bonds is 33. The van der Waals surface area contributed by atoms with Gasteiger partial charge in [0.25, 0.3) is 5.69 Å². The minimum absolute atomic E-state index is 0.0117. The summed E-state index contributed by atoms with van der Waals surface area (Å²) >= 11 is 0. The Labute approximate surface area is 318 Å². The standard InChI is InChI=1S/C41H65N2O9P/c1-3-5-7-9-11-13-15-17-19-24-32-49-40(44)35-51-53(48,52-38-30-28-37(29-31-38)43(46)47)42-39(34-36-26-22-21-23-27-36)41(45)50-33-25-20-18-16-14-12-10-8-6-4-2/h21-23,26-31,39H,3-20,24-25,32-35H2,1-2H3,(H,42,48)/t39-,53?/m0/s1. The van der Waals surface area contributed by atoms with Crippen molar-refractivity contribution < 1.29 is 37.6 Å². The molecule has 0 amide bonds. The SMILES string of the molecule is CCCCCCCCCCCCOC(=O)COP(=O)(N[C@@H](Cc1ccccc1)C(=O)OCCCCCCCCCCCC)Oc1ccc([N+](=O)[O-])cc1. The molecule has 1 N–H and O–H groups in total. The number of ether oxygens (including phenoxy) is 2. The molecule has 0 bridgehead atoms. The zero-order valence-corrected chi connectivity index (χ0v) is 33.2.